The molecule has 4 rings (SSSR count). The first-order valence-electron chi connectivity index (χ1n) is 6.61. The molecule has 0 radical (unpaired) electrons. The zero-order valence-corrected chi connectivity index (χ0v) is 12.7. The third-order valence-corrected chi connectivity index (χ3v) is 6.22. The topological polar surface area (TPSA) is 17.1 Å². The second-order valence-electron chi connectivity index (χ2n) is 5.45. The average Bonchev–Trinajstić information content (AvgIpc) is 3.04. The number of hydrogen-bond acceptors (Lipinski definition) is 2. The van der Waals surface area contributed by atoms with Crippen LogP contribution in [0.3, 0.4) is 0 Å². The maximum absolute atomic E-state index is 12.6. The van der Waals surface area contributed by atoms with Gasteiger partial charge in [0.05, 0.1) is 0 Å². The highest BCUT2D eigenvalue weighted by Gasteiger charge is 2.57. The monoisotopic (exact) mass is 332 g/mol. The Bertz CT molecular complexity index is 660. The molecular weight excluding hydrogens is 320 g/mol. The van der Waals surface area contributed by atoms with E-state index in [9.17, 15) is 4.79 Å². The highest BCUT2D eigenvalue weighted by atomic mass is 79.9. The number of halogens is 1. The van der Waals surface area contributed by atoms with Crippen LogP contribution in [-0.4, -0.2) is 5.78 Å². The van der Waals surface area contributed by atoms with Gasteiger partial charge in [0.1, 0.15) is 0 Å². The first-order valence-corrected chi connectivity index (χ1v) is 8.34. The number of aryl methyl sites for hydroxylation is 1. The highest BCUT2D eigenvalue weighted by molar-refractivity contribution is 9.10. The Hall–Kier alpha value is -0.930. The Morgan fingerprint density at radius 3 is 2.89 bits per heavy atom. The number of rotatable bonds is 2. The fourth-order valence-electron chi connectivity index (χ4n) is 3.56. The molecule has 3 unspecified atom stereocenters. The Morgan fingerprint density at radius 2 is 2.11 bits per heavy atom. The standard InChI is InChI=1S/C16H13BrOS/c17-13-8-19-7-12(13)16(18)15-11-6-5-9-3-1-2-4-10(9)14(11)15/h1-4,7-8,11,14-15H,5-6H2. The summed E-state index contributed by atoms with van der Waals surface area (Å²) in [6, 6.07) is 8.63. The second-order valence-corrected chi connectivity index (χ2v) is 7.05. The van der Waals surface area contributed by atoms with Crippen LogP contribution in [-0.2, 0) is 6.42 Å². The van der Waals surface area contributed by atoms with E-state index in [1.807, 2.05) is 10.8 Å². The lowest BCUT2D eigenvalue weighted by Gasteiger charge is -2.13. The van der Waals surface area contributed by atoms with Gasteiger partial charge in [-0.3, -0.25) is 4.79 Å². The summed E-state index contributed by atoms with van der Waals surface area (Å²) < 4.78 is 0.958. The average molecular weight is 333 g/mol. The predicted octanol–water partition coefficient (Wildman–Crippen LogP) is 4.67. The van der Waals surface area contributed by atoms with Crippen LogP contribution in [0.1, 0.15) is 33.8 Å². The van der Waals surface area contributed by atoms with Crippen LogP contribution in [0.15, 0.2) is 39.5 Å². The van der Waals surface area contributed by atoms with Crippen molar-refractivity contribution in [3.8, 4) is 0 Å². The van der Waals surface area contributed by atoms with Crippen molar-refractivity contribution in [2.24, 2.45) is 11.8 Å². The quantitative estimate of drug-likeness (QED) is 0.730. The summed E-state index contributed by atoms with van der Waals surface area (Å²) in [4.78, 5) is 12.6. The zero-order valence-electron chi connectivity index (χ0n) is 10.3. The van der Waals surface area contributed by atoms with E-state index in [2.05, 4.69) is 40.2 Å². The summed E-state index contributed by atoms with van der Waals surface area (Å²) in [5, 5.41) is 3.97. The minimum Gasteiger partial charge on any atom is -0.294 e. The minimum atomic E-state index is 0.217. The van der Waals surface area contributed by atoms with E-state index >= 15 is 0 Å². The molecule has 2 aliphatic rings. The minimum absolute atomic E-state index is 0.217. The summed E-state index contributed by atoms with van der Waals surface area (Å²) in [6.45, 7) is 0. The molecule has 0 saturated heterocycles. The molecule has 1 fully saturated rings. The van der Waals surface area contributed by atoms with Crippen LogP contribution in [0.4, 0.5) is 0 Å². The molecule has 0 bridgehead atoms. The molecule has 2 aromatic rings. The molecule has 1 aromatic heterocycles. The maximum atomic E-state index is 12.6. The van der Waals surface area contributed by atoms with Gasteiger partial charge in [-0.15, -0.1) is 0 Å². The molecule has 1 aromatic carbocycles. The number of ketones is 1. The van der Waals surface area contributed by atoms with Gasteiger partial charge in [0.2, 0.25) is 0 Å². The van der Waals surface area contributed by atoms with Gasteiger partial charge in [-0.25, -0.2) is 0 Å². The van der Waals surface area contributed by atoms with Crippen molar-refractivity contribution in [3.63, 3.8) is 0 Å². The molecule has 0 amide bonds. The zero-order chi connectivity index (χ0) is 13.0. The number of Topliss-reactive ketones (excluding diaryl/α,β-unsaturated/α-hetero) is 1. The molecule has 1 saturated carbocycles. The third kappa shape index (κ3) is 1.75. The molecule has 0 aliphatic heterocycles. The van der Waals surface area contributed by atoms with Crippen molar-refractivity contribution in [3.05, 3.63) is 56.2 Å². The van der Waals surface area contributed by atoms with Crippen LogP contribution in [0.2, 0.25) is 0 Å². The first kappa shape index (κ1) is 11.9. The number of hydrogen-bond donors (Lipinski definition) is 0. The van der Waals surface area contributed by atoms with Gasteiger partial charge >= 0.3 is 0 Å². The predicted molar refractivity (Wildman–Crippen MR) is 80.8 cm³/mol. The Morgan fingerprint density at radius 1 is 1.26 bits per heavy atom. The van der Waals surface area contributed by atoms with E-state index in [1.165, 1.54) is 17.5 Å². The molecule has 1 heterocycles. The van der Waals surface area contributed by atoms with Crippen LogP contribution in [0, 0.1) is 11.8 Å². The summed E-state index contributed by atoms with van der Waals surface area (Å²) in [7, 11) is 0. The van der Waals surface area contributed by atoms with Crippen LogP contribution in [0.5, 0.6) is 0 Å². The molecule has 0 N–H and O–H groups in total. The van der Waals surface area contributed by atoms with Gasteiger partial charge in [0, 0.05) is 26.7 Å². The normalized spacial score (nSPS) is 27.5. The third-order valence-electron chi connectivity index (χ3n) is 4.51. The molecule has 2 aliphatic carbocycles. The van der Waals surface area contributed by atoms with E-state index in [0.29, 0.717) is 17.6 Å². The van der Waals surface area contributed by atoms with Crippen molar-refractivity contribution in [1.82, 2.24) is 0 Å². The SMILES string of the molecule is O=C(c1cscc1Br)C1C2CCc3ccccc3C21. The van der Waals surface area contributed by atoms with Crippen molar-refractivity contribution in [1.29, 1.82) is 0 Å². The Labute approximate surface area is 124 Å². The number of carbonyl (C=O) groups is 1. The lowest BCUT2D eigenvalue weighted by Crippen LogP contribution is -2.03. The van der Waals surface area contributed by atoms with Crippen LogP contribution < -0.4 is 0 Å². The number of thiophene rings is 1. The van der Waals surface area contributed by atoms with Crippen LogP contribution in [0.25, 0.3) is 0 Å². The number of fused-ring (bicyclic) bond motifs is 3. The van der Waals surface area contributed by atoms with Gasteiger partial charge < -0.3 is 0 Å². The Kier molecular flexibility index (Phi) is 2.68. The van der Waals surface area contributed by atoms with Gasteiger partial charge in [0.15, 0.2) is 5.78 Å². The molecular formula is C16H13BrOS. The van der Waals surface area contributed by atoms with E-state index < -0.39 is 0 Å². The van der Waals surface area contributed by atoms with Gasteiger partial charge in [-0.1, -0.05) is 24.3 Å². The van der Waals surface area contributed by atoms with Crippen molar-refractivity contribution in [2.45, 2.75) is 18.8 Å². The molecule has 3 atom stereocenters. The second kappa shape index (κ2) is 4.29. The van der Waals surface area contributed by atoms with Crippen molar-refractivity contribution >= 4 is 33.0 Å². The van der Waals surface area contributed by atoms with Crippen molar-refractivity contribution < 1.29 is 4.79 Å². The first-order chi connectivity index (χ1) is 9.27. The van der Waals surface area contributed by atoms with Gasteiger partial charge in [-0.05, 0) is 51.7 Å². The summed E-state index contributed by atoms with van der Waals surface area (Å²) in [6.07, 6.45) is 2.30. The van der Waals surface area contributed by atoms with E-state index in [4.69, 9.17) is 0 Å². The van der Waals surface area contributed by atoms with Crippen LogP contribution >= 0.6 is 27.3 Å². The number of carbonyl (C=O) groups excluding carboxylic acids is 1. The fourth-order valence-corrected chi connectivity index (χ4v) is 5.04. The maximum Gasteiger partial charge on any atom is 0.168 e. The van der Waals surface area contributed by atoms with E-state index in [0.717, 1.165) is 16.5 Å². The van der Waals surface area contributed by atoms with Gasteiger partial charge in [0.25, 0.3) is 0 Å². The molecule has 0 spiro atoms. The molecule has 96 valence electrons. The summed E-state index contributed by atoms with van der Waals surface area (Å²) in [5.41, 5.74) is 3.74. The molecule has 19 heavy (non-hydrogen) atoms. The summed E-state index contributed by atoms with van der Waals surface area (Å²) >= 11 is 5.07. The highest BCUT2D eigenvalue weighted by Crippen LogP contribution is 2.61. The Balaban J connectivity index is 1.68. The molecule has 1 nitrogen and oxygen atoms in total. The molecule has 3 heteroatoms. The smallest absolute Gasteiger partial charge is 0.168 e. The summed E-state index contributed by atoms with van der Waals surface area (Å²) in [5.74, 6) is 1.60. The lowest BCUT2D eigenvalue weighted by atomic mass is 9.92. The fraction of sp³-hybridized carbons (Fsp3) is 0.312. The van der Waals surface area contributed by atoms with Crippen molar-refractivity contribution in [2.75, 3.05) is 0 Å². The largest absolute Gasteiger partial charge is 0.294 e. The number of benzene rings is 1. The van der Waals surface area contributed by atoms with E-state index in [-0.39, 0.29) is 5.92 Å². The lowest BCUT2D eigenvalue weighted by molar-refractivity contribution is 0.0959. The van der Waals surface area contributed by atoms with E-state index in [1.54, 1.807) is 11.3 Å². The van der Waals surface area contributed by atoms with Gasteiger partial charge in [-0.2, -0.15) is 11.3 Å².